The van der Waals surface area contributed by atoms with E-state index in [1.165, 1.54) is 30.5 Å². The topological polar surface area (TPSA) is 9.23 Å². The van der Waals surface area contributed by atoms with Crippen molar-refractivity contribution in [3.05, 3.63) is 23.4 Å². The molecule has 0 amide bonds. The van der Waals surface area contributed by atoms with E-state index in [2.05, 4.69) is 53.8 Å². The van der Waals surface area contributed by atoms with Crippen molar-refractivity contribution in [2.45, 2.75) is 78.1 Å². The van der Waals surface area contributed by atoms with Gasteiger partial charge in [0.1, 0.15) is 0 Å². The van der Waals surface area contributed by atoms with Gasteiger partial charge in [-0.15, -0.1) is 0 Å². The Balaban J connectivity index is 5.47. The summed E-state index contributed by atoms with van der Waals surface area (Å²) in [4.78, 5) is 0. The molecule has 2 heteroatoms. The molecule has 0 bridgehead atoms. The van der Waals surface area contributed by atoms with Crippen molar-refractivity contribution in [3.63, 3.8) is 0 Å². The molecule has 0 rings (SSSR count). The van der Waals surface area contributed by atoms with Gasteiger partial charge in [-0.25, -0.2) is 0 Å². The number of rotatable bonds is 9. The molecule has 0 aliphatic rings. The summed E-state index contributed by atoms with van der Waals surface area (Å²) in [6, 6.07) is 2.75. The van der Waals surface area contributed by atoms with Gasteiger partial charge >= 0.3 is 0 Å². The third kappa shape index (κ3) is 6.58. The molecule has 0 spiro atoms. The normalized spacial score (nSPS) is 13.7. The average molecular weight is 283 g/mol. The highest BCUT2D eigenvalue weighted by atomic mass is 28.3. The Morgan fingerprint density at radius 2 is 1.68 bits per heavy atom. The minimum atomic E-state index is -1.35. The van der Waals surface area contributed by atoms with Gasteiger partial charge in [0.25, 0.3) is 0 Å². The highest BCUT2D eigenvalue weighted by Gasteiger charge is 2.31. The lowest BCUT2D eigenvalue weighted by Crippen LogP contribution is -2.35. The van der Waals surface area contributed by atoms with Crippen molar-refractivity contribution < 1.29 is 4.74 Å². The zero-order valence-corrected chi connectivity index (χ0v) is 15.2. The van der Waals surface area contributed by atoms with Gasteiger partial charge in [0.05, 0.1) is 13.7 Å². The van der Waals surface area contributed by atoms with Crippen LogP contribution in [-0.4, -0.2) is 20.8 Å². The fourth-order valence-electron chi connectivity index (χ4n) is 2.79. The summed E-state index contributed by atoms with van der Waals surface area (Å²) in [7, 11) is 0.452. The lowest BCUT2D eigenvalue weighted by molar-refractivity contribution is 0.0651. The number of allylic oxidation sites excluding steroid dienone is 2. The summed E-state index contributed by atoms with van der Waals surface area (Å²) in [6.07, 6.45) is 6.00. The Morgan fingerprint density at radius 1 is 1.21 bits per heavy atom. The summed E-state index contributed by atoms with van der Waals surface area (Å²) < 4.78 is 5.62. The molecule has 0 aromatic rings. The molecule has 0 unspecified atom stereocenters. The van der Waals surface area contributed by atoms with E-state index in [1.54, 1.807) is 12.3 Å². The van der Waals surface area contributed by atoms with Crippen molar-refractivity contribution in [1.82, 2.24) is 0 Å². The summed E-state index contributed by atoms with van der Waals surface area (Å²) in [5.74, 6) is 0. The highest BCUT2D eigenvalue weighted by molar-refractivity contribution is 6.85. The lowest BCUT2D eigenvalue weighted by atomic mass is 10.1. The molecule has 0 N–H and O–H groups in total. The fraction of sp³-hybridized carbons (Fsp3) is 0.765. The molecule has 0 fully saturated rings. The van der Waals surface area contributed by atoms with Crippen LogP contribution in [0, 0.1) is 0 Å². The molecule has 19 heavy (non-hydrogen) atoms. The monoisotopic (exact) mass is 282 g/mol. The zero-order valence-electron chi connectivity index (χ0n) is 14.2. The van der Waals surface area contributed by atoms with Gasteiger partial charge in [-0.2, -0.15) is 0 Å². The van der Waals surface area contributed by atoms with Gasteiger partial charge in [0.15, 0.2) is 0 Å². The molecule has 0 aromatic heterocycles. The van der Waals surface area contributed by atoms with Crippen molar-refractivity contribution in [3.8, 4) is 0 Å². The molecule has 0 saturated heterocycles. The van der Waals surface area contributed by atoms with Crippen LogP contribution < -0.4 is 0 Å². The van der Waals surface area contributed by atoms with Gasteiger partial charge in [-0.1, -0.05) is 68.7 Å². The van der Waals surface area contributed by atoms with Crippen LogP contribution in [0.3, 0.4) is 0 Å². The maximum atomic E-state index is 5.62. The van der Waals surface area contributed by atoms with Gasteiger partial charge in [-0.3, -0.25) is 0 Å². The third-order valence-corrected chi connectivity index (χ3v) is 9.00. The predicted molar refractivity (Wildman–Crippen MR) is 90.4 cm³/mol. The first-order valence-corrected chi connectivity index (χ1v) is 10.5. The first-order valence-electron chi connectivity index (χ1n) is 7.62. The first-order chi connectivity index (χ1) is 8.70. The van der Waals surface area contributed by atoms with Crippen molar-refractivity contribution >= 4 is 8.07 Å². The number of hydrogen-bond donors (Lipinski definition) is 0. The first kappa shape index (κ1) is 18.7. The molecular formula is C17H34OSi. The second-order valence-corrected chi connectivity index (χ2v) is 11.4. The maximum Gasteiger partial charge on any atom is 0.0801 e. The quantitative estimate of drug-likeness (QED) is 0.387. The minimum absolute atomic E-state index is 0.166. The van der Waals surface area contributed by atoms with Crippen LogP contribution in [0.5, 0.6) is 0 Å². The summed E-state index contributed by atoms with van der Waals surface area (Å²) in [5.41, 5.74) is 1.10. The average Bonchev–Trinajstić information content (AvgIpc) is 2.28. The predicted octanol–water partition coefficient (Wildman–Crippen LogP) is 5.74. The molecule has 1 nitrogen and oxygen atoms in total. The molecule has 0 aliphatic carbocycles. The number of ether oxygens (including phenoxy) is 1. The van der Waals surface area contributed by atoms with Crippen molar-refractivity contribution in [1.29, 1.82) is 0 Å². The Morgan fingerprint density at radius 3 is 2.00 bits per heavy atom. The van der Waals surface area contributed by atoms with Gasteiger partial charge in [-0.05, 0) is 27.2 Å². The van der Waals surface area contributed by atoms with E-state index in [-0.39, 0.29) is 5.60 Å². The second-order valence-electron chi connectivity index (χ2n) is 6.67. The van der Waals surface area contributed by atoms with E-state index in [1.807, 2.05) is 0 Å². The lowest BCUT2D eigenvalue weighted by Gasteiger charge is -2.33. The number of hydrogen-bond acceptors (Lipinski definition) is 1. The Labute approximate surface area is 122 Å². The highest BCUT2D eigenvalue weighted by Crippen LogP contribution is 2.33. The SMILES string of the molecule is C=C(C)CC(=CC(C)(C)OC)[Si](C)(CCC)CCC. The Bertz CT molecular complexity index is 309. The fourth-order valence-corrected chi connectivity index (χ4v) is 7.32. The van der Waals surface area contributed by atoms with Crippen molar-refractivity contribution in [2.75, 3.05) is 7.11 Å². The van der Waals surface area contributed by atoms with Gasteiger partial charge in [0.2, 0.25) is 0 Å². The van der Waals surface area contributed by atoms with Crippen LogP contribution in [0.25, 0.3) is 0 Å². The van der Waals surface area contributed by atoms with Gasteiger partial charge < -0.3 is 4.74 Å². The largest absolute Gasteiger partial charge is 0.375 e. The molecule has 0 aromatic carbocycles. The minimum Gasteiger partial charge on any atom is -0.375 e. The van der Waals surface area contributed by atoms with E-state index < -0.39 is 8.07 Å². The molecule has 0 aliphatic heterocycles. The van der Waals surface area contributed by atoms with Crippen LogP contribution in [0.4, 0.5) is 0 Å². The number of methoxy groups -OCH3 is 1. The van der Waals surface area contributed by atoms with E-state index in [0.717, 1.165) is 6.42 Å². The smallest absolute Gasteiger partial charge is 0.0801 e. The van der Waals surface area contributed by atoms with Crippen LogP contribution in [0.1, 0.15) is 53.9 Å². The molecule has 0 atom stereocenters. The van der Waals surface area contributed by atoms with Crippen LogP contribution in [-0.2, 0) is 4.74 Å². The molecule has 112 valence electrons. The molecule has 0 heterocycles. The summed E-state index contributed by atoms with van der Waals surface area (Å²) >= 11 is 0. The third-order valence-electron chi connectivity index (χ3n) is 3.92. The van der Waals surface area contributed by atoms with Crippen LogP contribution >= 0.6 is 0 Å². The standard InChI is InChI=1S/C17H34OSi/c1-9-11-19(8,12-10-2)16(13-15(3)4)14-17(5,6)18-7/h14H,3,9-13H2,1-2,4-8H3. The zero-order chi connectivity index (χ0) is 15.1. The molecule has 0 radical (unpaired) electrons. The van der Waals surface area contributed by atoms with Gasteiger partial charge in [0, 0.05) is 7.11 Å². The summed E-state index contributed by atoms with van der Waals surface area (Å²) in [6.45, 7) is 17.7. The van der Waals surface area contributed by atoms with Crippen LogP contribution in [0.2, 0.25) is 18.6 Å². The molecule has 0 saturated carbocycles. The summed E-state index contributed by atoms with van der Waals surface area (Å²) in [5, 5.41) is 1.63. The Kier molecular flexibility index (Phi) is 7.91. The second kappa shape index (κ2) is 8.06. The van der Waals surface area contributed by atoms with E-state index in [0.29, 0.717) is 0 Å². The molecular weight excluding hydrogens is 248 g/mol. The van der Waals surface area contributed by atoms with E-state index in [4.69, 9.17) is 4.74 Å². The maximum absolute atomic E-state index is 5.62. The Hall–Kier alpha value is -0.343. The van der Waals surface area contributed by atoms with Crippen molar-refractivity contribution in [2.24, 2.45) is 0 Å². The van der Waals surface area contributed by atoms with E-state index in [9.17, 15) is 0 Å². The van der Waals surface area contributed by atoms with Crippen LogP contribution in [0.15, 0.2) is 23.4 Å². The van der Waals surface area contributed by atoms with E-state index >= 15 is 0 Å².